The summed E-state index contributed by atoms with van der Waals surface area (Å²) in [6, 6.07) is 17.8. The highest BCUT2D eigenvalue weighted by atomic mass is 19.1. The molecule has 2 aromatic carbocycles. The Hall–Kier alpha value is -2.49. The molecule has 1 aliphatic heterocycles. The number of hydrogen-bond acceptors (Lipinski definition) is 3. The van der Waals surface area contributed by atoms with Crippen molar-refractivity contribution >= 4 is 11.7 Å². The van der Waals surface area contributed by atoms with Crippen molar-refractivity contribution in [3.63, 3.8) is 0 Å². The van der Waals surface area contributed by atoms with E-state index in [1.807, 2.05) is 12.1 Å². The van der Waals surface area contributed by atoms with Crippen LogP contribution in [0.5, 0.6) is 0 Å². The van der Waals surface area contributed by atoms with Crippen LogP contribution >= 0.6 is 0 Å². The summed E-state index contributed by atoms with van der Waals surface area (Å²) in [5, 5.41) is 3.63. The van der Waals surface area contributed by atoms with Gasteiger partial charge in [0.2, 0.25) is 0 Å². The first kappa shape index (κ1) is 12.5. The Labute approximate surface area is 115 Å². The predicted molar refractivity (Wildman–Crippen MR) is 73.1 cm³/mol. The van der Waals surface area contributed by atoms with Crippen LogP contribution in [0.15, 0.2) is 65.8 Å². The monoisotopic (exact) mass is 269 g/mol. The third kappa shape index (κ3) is 2.09. The molecular formula is C16H12FNO2. The van der Waals surface area contributed by atoms with Crippen LogP contribution in [0, 0.1) is 0 Å². The lowest BCUT2D eigenvalue weighted by Gasteiger charge is -2.17. The zero-order valence-corrected chi connectivity index (χ0v) is 10.6. The number of carbonyl (C=O) groups excluding carboxylic acids is 1. The fourth-order valence-corrected chi connectivity index (χ4v) is 2.24. The number of nitrogens with zero attached hydrogens (tertiary/aromatic N) is 1. The van der Waals surface area contributed by atoms with E-state index in [0.29, 0.717) is 5.56 Å². The molecular weight excluding hydrogens is 257 g/mol. The number of benzene rings is 2. The minimum absolute atomic E-state index is 0.0342. The van der Waals surface area contributed by atoms with Gasteiger partial charge in [-0.2, -0.15) is 0 Å². The van der Waals surface area contributed by atoms with E-state index in [0.717, 1.165) is 5.56 Å². The van der Waals surface area contributed by atoms with Gasteiger partial charge in [0, 0.05) is 12.0 Å². The van der Waals surface area contributed by atoms with Crippen molar-refractivity contribution in [2.45, 2.75) is 12.1 Å². The van der Waals surface area contributed by atoms with E-state index in [1.165, 1.54) is 0 Å². The molecule has 0 spiro atoms. The lowest BCUT2D eigenvalue weighted by atomic mass is 9.88. The summed E-state index contributed by atoms with van der Waals surface area (Å²) >= 11 is 0. The van der Waals surface area contributed by atoms with Gasteiger partial charge in [0.15, 0.2) is 0 Å². The van der Waals surface area contributed by atoms with Gasteiger partial charge in [-0.25, -0.2) is 9.18 Å². The van der Waals surface area contributed by atoms with Crippen molar-refractivity contribution in [2.24, 2.45) is 5.16 Å². The van der Waals surface area contributed by atoms with Gasteiger partial charge in [0.25, 0.3) is 5.67 Å². The van der Waals surface area contributed by atoms with E-state index < -0.39 is 11.6 Å². The van der Waals surface area contributed by atoms with Gasteiger partial charge in [0.05, 0.1) is 0 Å². The van der Waals surface area contributed by atoms with E-state index in [2.05, 4.69) is 9.99 Å². The summed E-state index contributed by atoms with van der Waals surface area (Å²) in [4.78, 5) is 16.4. The quantitative estimate of drug-likeness (QED) is 0.804. The molecule has 3 rings (SSSR count). The van der Waals surface area contributed by atoms with Crippen LogP contribution in [0.1, 0.15) is 11.1 Å². The first-order valence-corrected chi connectivity index (χ1v) is 6.28. The van der Waals surface area contributed by atoms with Gasteiger partial charge in [-0.15, -0.1) is 0 Å². The molecule has 0 saturated carbocycles. The maximum Gasteiger partial charge on any atom is 0.378 e. The number of carbonyl (C=O) groups is 1. The number of rotatable bonds is 3. The summed E-state index contributed by atoms with van der Waals surface area (Å²) in [6.07, 6.45) is -0.0829. The zero-order valence-electron chi connectivity index (χ0n) is 10.6. The molecule has 100 valence electrons. The van der Waals surface area contributed by atoms with Gasteiger partial charge < -0.3 is 4.84 Å². The topological polar surface area (TPSA) is 38.7 Å². The molecule has 20 heavy (non-hydrogen) atoms. The maximum absolute atomic E-state index is 15.1. The van der Waals surface area contributed by atoms with E-state index in [1.54, 1.807) is 48.5 Å². The highest BCUT2D eigenvalue weighted by molar-refractivity contribution is 6.20. The Morgan fingerprint density at radius 3 is 2.25 bits per heavy atom. The van der Waals surface area contributed by atoms with Crippen molar-refractivity contribution in [3.8, 4) is 0 Å². The Kier molecular flexibility index (Phi) is 3.06. The maximum atomic E-state index is 15.1. The third-order valence-electron chi connectivity index (χ3n) is 3.26. The number of alkyl halides is 1. The smallest absolute Gasteiger partial charge is 0.314 e. The molecule has 0 aliphatic carbocycles. The van der Waals surface area contributed by atoms with Crippen molar-refractivity contribution in [1.82, 2.24) is 0 Å². The van der Waals surface area contributed by atoms with Crippen LogP contribution in [-0.2, 0) is 16.1 Å². The summed E-state index contributed by atoms with van der Waals surface area (Å²) in [6.45, 7) is 0. The van der Waals surface area contributed by atoms with Gasteiger partial charge >= 0.3 is 5.97 Å². The molecule has 0 amide bonds. The summed E-state index contributed by atoms with van der Waals surface area (Å²) in [7, 11) is 0. The van der Waals surface area contributed by atoms with E-state index in [9.17, 15) is 4.79 Å². The lowest BCUT2D eigenvalue weighted by molar-refractivity contribution is -0.149. The van der Waals surface area contributed by atoms with Gasteiger partial charge in [-0.3, -0.25) is 0 Å². The molecule has 1 atom stereocenters. The zero-order chi connectivity index (χ0) is 14.0. The average Bonchev–Trinajstić information content (AvgIpc) is 2.77. The van der Waals surface area contributed by atoms with Gasteiger partial charge in [-0.05, 0) is 5.56 Å². The molecule has 1 heterocycles. The molecule has 1 unspecified atom stereocenters. The molecule has 0 fully saturated rings. The summed E-state index contributed by atoms with van der Waals surface area (Å²) < 4.78 is 15.1. The lowest BCUT2D eigenvalue weighted by Crippen LogP contribution is -2.41. The first-order chi connectivity index (χ1) is 9.70. The second kappa shape index (κ2) is 4.89. The fourth-order valence-electron chi connectivity index (χ4n) is 2.24. The van der Waals surface area contributed by atoms with Crippen molar-refractivity contribution in [3.05, 3.63) is 71.8 Å². The predicted octanol–water partition coefficient (Wildman–Crippen LogP) is 2.90. The Balaban J connectivity index is 1.97. The van der Waals surface area contributed by atoms with E-state index in [4.69, 9.17) is 0 Å². The standard InChI is InChI=1S/C16H12FNO2/c17-16(11-12-7-3-1-4-8-12)14(18-20-15(16)19)13-9-5-2-6-10-13/h1-10H,11H2. The normalized spacial score (nSPS) is 21.4. The number of halogens is 1. The molecule has 2 aromatic rings. The molecule has 0 aromatic heterocycles. The SMILES string of the molecule is O=C1ON=C(c2ccccc2)C1(F)Cc1ccccc1. The van der Waals surface area contributed by atoms with E-state index >= 15 is 4.39 Å². The summed E-state index contributed by atoms with van der Waals surface area (Å²) in [5.41, 5.74) is -0.927. The van der Waals surface area contributed by atoms with Crippen molar-refractivity contribution in [1.29, 1.82) is 0 Å². The minimum Gasteiger partial charge on any atom is -0.314 e. The highest BCUT2D eigenvalue weighted by Gasteiger charge is 2.51. The van der Waals surface area contributed by atoms with Gasteiger partial charge in [-0.1, -0.05) is 65.8 Å². The molecule has 4 heteroatoms. The second-order valence-corrected chi connectivity index (χ2v) is 4.65. The Bertz CT molecular complexity index is 655. The van der Waals surface area contributed by atoms with Crippen LogP contribution in [0.2, 0.25) is 0 Å². The summed E-state index contributed by atoms with van der Waals surface area (Å²) in [5.74, 6) is -0.958. The molecule has 0 radical (unpaired) electrons. The van der Waals surface area contributed by atoms with Crippen LogP contribution < -0.4 is 0 Å². The molecule has 1 aliphatic rings. The Morgan fingerprint density at radius 2 is 1.60 bits per heavy atom. The van der Waals surface area contributed by atoms with Crippen LogP contribution in [0.3, 0.4) is 0 Å². The van der Waals surface area contributed by atoms with Crippen LogP contribution in [-0.4, -0.2) is 17.3 Å². The van der Waals surface area contributed by atoms with Gasteiger partial charge in [0.1, 0.15) is 5.71 Å². The molecule has 0 saturated heterocycles. The molecule has 0 bridgehead atoms. The highest BCUT2D eigenvalue weighted by Crippen LogP contribution is 2.30. The average molecular weight is 269 g/mol. The molecule has 3 nitrogen and oxygen atoms in total. The second-order valence-electron chi connectivity index (χ2n) is 4.65. The van der Waals surface area contributed by atoms with Crippen LogP contribution in [0.4, 0.5) is 4.39 Å². The third-order valence-corrected chi connectivity index (χ3v) is 3.26. The fraction of sp³-hybridized carbons (Fsp3) is 0.125. The Morgan fingerprint density at radius 1 is 1.00 bits per heavy atom. The van der Waals surface area contributed by atoms with Crippen molar-refractivity contribution in [2.75, 3.05) is 0 Å². The van der Waals surface area contributed by atoms with E-state index in [-0.39, 0.29) is 12.1 Å². The van der Waals surface area contributed by atoms with Crippen LogP contribution in [0.25, 0.3) is 0 Å². The molecule has 0 N–H and O–H groups in total. The first-order valence-electron chi connectivity index (χ1n) is 6.28. The number of hydrogen-bond donors (Lipinski definition) is 0. The number of oxime groups is 1. The van der Waals surface area contributed by atoms with Crippen molar-refractivity contribution < 1.29 is 14.0 Å². The largest absolute Gasteiger partial charge is 0.378 e. The minimum atomic E-state index is -2.23.